The topological polar surface area (TPSA) is 37.0 Å². The number of nitrogens with one attached hydrogen (secondary N) is 2. The molecule has 120 valence electrons. The normalized spacial score (nSPS) is 16.0. The molecule has 1 aliphatic carbocycles. The van der Waals surface area contributed by atoms with Gasteiger partial charge in [-0.2, -0.15) is 0 Å². The van der Waals surface area contributed by atoms with E-state index in [1.54, 1.807) is 6.20 Å². The molecule has 1 aromatic carbocycles. The zero-order valence-corrected chi connectivity index (χ0v) is 14.5. The first kappa shape index (κ1) is 16.2. The Morgan fingerprint density at radius 2 is 1.87 bits per heavy atom. The average molecular weight is 346 g/mol. The number of hydrogen-bond donors (Lipinski definition) is 2. The number of rotatable bonds is 4. The Morgan fingerprint density at radius 1 is 1.13 bits per heavy atom. The molecular weight excluding hydrogens is 326 g/mol. The van der Waals surface area contributed by atoms with Crippen molar-refractivity contribution < 1.29 is 0 Å². The van der Waals surface area contributed by atoms with Gasteiger partial charge in [0, 0.05) is 23.2 Å². The smallest absolute Gasteiger partial charge is 0.171 e. The van der Waals surface area contributed by atoms with Gasteiger partial charge in [0.15, 0.2) is 5.11 Å². The van der Waals surface area contributed by atoms with Crippen LogP contribution in [0.15, 0.2) is 48.7 Å². The van der Waals surface area contributed by atoms with E-state index in [2.05, 4.69) is 27.8 Å². The summed E-state index contributed by atoms with van der Waals surface area (Å²) in [6, 6.07) is 14.0. The Balaban J connectivity index is 1.66. The Morgan fingerprint density at radius 3 is 2.52 bits per heavy atom. The molecular formula is C18H20ClN3S. The maximum absolute atomic E-state index is 6.03. The lowest BCUT2D eigenvalue weighted by atomic mass is 9.79. The van der Waals surface area contributed by atoms with Crippen molar-refractivity contribution in [3.8, 4) is 0 Å². The fourth-order valence-corrected chi connectivity index (χ4v) is 3.57. The van der Waals surface area contributed by atoms with Crippen molar-refractivity contribution in [3.05, 3.63) is 59.2 Å². The Bertz CT molecular complexity index is 652. The number of aromatic nitrogens is 1. The van der Waals surface area contributed by atoms with Crippen LogP contribution in [-0.4, -0.2) is 16.6 Å². The first-order chi connectivity index (χ1) is 11.2. The number of halogens is 1. The first-order valence-corrected chi connectivity index (χ1v) is 8.69. The summed E-state index contributed by atoms with van der Waals surface area (Å²) in [5, 5.41) is 7.90. The van der Waals surface area contributed by atoms with Crippen molar-refractivity contribution in [1.29, 1.82) is 0 Å². The predicted molar refractivity (Wildman–Crippen MR) is 100 cm³/mol. The van der Waals surface area contributed by atoms with Gasteiger partial charge in [0.1, 0.15) is 5.82 Å². The van der Waals surface area contributed by atoms with Gasteiger partial charge >= 0.3 is 0 Å². The van der Waals surface area contributed by atoms with Crippen LogP contribution >= 0.6 is 23.8 Å². The van der Waals surface area contributed by atoms with Crippen LogP contribution in [0.25, 0.3) is 0 Å². The zero-order valence-electron chi connectivity index (χ0n) is 12.9. The molecule has 3 rings (SSSR count). The summed E-state index contributed by atoms with van der Waals surface area (Å²) >= 11 is 11.4. The predicted octanol–water partition coefficient (Wildman–Crippen LogP) is 4.53. The summed E-state index contributed by atoms with van der Waals surface area (Å²) in [4.78, 5) is 4.23. The van der Waals surface area contributed by atoms with Gasteiger partial charge in [0.25, 0.3) is 0 Å². The van der Waals surface area contributed by atoms with Gasteiger partial charge in [-0.15, -0.1) is 0 Å². The van der Waals surface area contributed by atoms with Crippen molar-refractivity contribution in [2.45, 2.75) is 31.1 Å². The summed E-state index contributed by atoms with van der Waals surface area (Å²) in [6.45, 7) is 0.827. The zero-order chi connectivity index (χ0) is 16.1. The highest BCUT2D eigenvalue weighted by Crippen LogP contribution is 2.40. The SMILES string of the molecule is S=C(NCC1(c2ccc(Cl)cc2)CCCC1)Nc1ccccn1. The van der Waals surface area contributed by atoms with Crippen LogP contribution in [-0.2, 0) is 5.41 Å². The third-order valence-corrected chi connectivity index (χ3v) is 5.01. The second-order valence-corrected chi connectivity index (χ2v) is 6.86. The lowest BCUT2D eigenvalue weighted by Crippen LogP contribution is -2.40. The van der Waals surface area contributed by atoms with Crippen LogP contribution in [0.2, 0.25) is 5.02 Å². The minimum atomic E-state index is 0.139. The third-order valence-electron chi connectivity index (χ3n) is 4.51. The molecule has 1 fully saturated rings. The molecule has 0 bridgehead atoms. The number of nitrogens with zero attached hydrogens (tertiary/aromatic N) is 1. The number of pyridine rings is 1. The summed E-state index contributed by atoms with van der Waals surface area (Å²) in [5.74, 6) is 0.761. The van der Waals surface area contributed by atoms with Gasteiger partial charge < -0.3 is 10.6 Å². The second kappa shape index (κ2) is 7.28. The molecule has 0 spiro atoms. The molecule has 1 saturated carbocycles. The second-order valence-electron chi connectivity index (χ2n) is 6.02. The maximum Gasteiger partial charge on any atom is 0.171 e. The van der Waals surface area contributed by atoms with E-state index in [4.69, 9.17) is 23.8 Å². The van der Waals surface area contributed by atoms with Crippen LogP contribution in [0.1, 0.15) is 31.2 Å². The number of anilines is 1. The van der Waals surface area contributed by atoms with E-state index in [1.807, 2.05) is 30.3 Å². The van der Waals surface area contributed by atoms with Crippen LogP contribution in [0, 0.1) is 0 Å². The quantitative estimate of drug-likeness (QED) is 0.798. The lowest BCUT2D eigenvalue weighted by molar-refractivity contribution is 0.435. The van der Waals surface area contributed by atoms with Gasteiger partial charge in [-0.05, 0) is 54.9 Å². The molecule has 2 N–H and O–H groups in total. The molecule has 1 heterocycles. The van der Waals surface area contributed by atoms with E-state index in [-0.39, 0.29) is 5.41 Å². The minimum Gasteiger partial charge on any atom is -0.362 e. The van der Waals surface area contributed by atoms with E-state index in [9.17, 15) is 0 Å². The van der Waals surface area contributed by atoms with E-state index in [1.165, 1.54) is 31.2 Å². The van der Waals surface area contributed by atoms with Crippen LogP contribution in [0.5, 0.6) is 0 Å². The number of benzene rings is 1. The fourth-order valence-electron chi connectivity index (χ4n) is 3.27. The molecule has 1 aliphatic rings. The average Bonchev–Trinajstić information content (AvgIpc) is 3.05. The fraction of sp³-hybridized carbons (Fsp3) is 0.333. The summed E-state index contributed by atoms with van der Waals surface area (Å²) in [5.41, 5.74) is 1.48. The van der Waals surface area contributed by atoms with Crippen molar-refractivity contribution in [2.24, 2.45) is 0 Å². The molecule has 0 aliphatic heterocycles. The van der Waals surface area contributed by atoms with Crippen LogP contribution in [0.3, 0.4) is 0 Å². The first-order valence-electron chi connectivity index (χ1n) is 7.90. The van der Waals surface area contributed by atoms with Gasteiger partial charge in [-0.1, -0.05) is 42.6 Å². The van der Waals surface area contributed by atoms with Gasteiger partial charge in [0.05, 0.1) is 0 Å². The van der Waals surface area contributed by atoms with Gasteiger partial charge in [-0.25, -0.2) is 4.98 Å². The molecule has 2 aromatic rings. The molecule has 0 saturated heterocycles. The lowest BCUT2D eigenvalue weighted by Gasteiger charge is -2.30. The third kappa shape index (κ3) is 4.01. The van der Waals surface area contributed by atoms with Gasteiger partial charge in [0.2, 0.25) is 0 Å². The Labute approximate surface area is 147 Å². The summed E-state index contributed by atoms with van der Waals surface area (Å²) in [6.07, 6.45) is 6.61. The largest absolute Gasteiger partial charge is 0.362 e. The summed E-state index contributed by atoms with van der Waals surface area (Å²) < 4.78 is 0. The molecule has 5 heteroatoms. The van der Waals surface area contributed by atoms with Crippen LogP contribution in [0.4, 0.5) is 5.82 Å². The monoisotopic (exact) mass is 345 g/mol. The highest BCUT2D eigenvalue weighted by Gasteiger charge is 2.35. The molecule has 0 unspecified atom stereocenters. The maximum atomic E-state index is 6.03. The van der Waals surface area contributed by atoms with Crippen molar-refractivity contribution in [3.63, 3.8) is 0 Å². The van der Waals surface area contributed by atoms with Crippen molar-refractivity contribution in [1.82, 2.24) is 10.3 Å². The minimum absolute atomic E-state index is 0.139. The molecule has 0 amide bonds. The Kier molecular flexibility index (Phi) is 5.13. The van der Waals surface area contributed by atoms with E-state index in [0.29, 0.717) is 5.11 Å². The number of hydrogen-bond acceptors (Lipinski definition) is 2. The molecule has 0 radical (unpaired) electrons. The van der Waals surface area contributed by atoms with Crippen molar-refractivity contribution >= 4 is 34.7 Å². The molecule has 1 aromatic heterocycles. The van der Waals surface area contributed by atoms with E-state index in [0.717, 1.165) is 17.4 Å². The Hall–Kier alpha value is -1.65. The molecule has 0 atom stereocenters. The standard InChI is InChI=1S/C18H20ClN3S/c19-15-8-6-14(7-9-15)18(10-2-3-11-18)13-21-17(23)22-16-5-1-4-12-20-16/h1,4-9,12H,2-3,10-11,13H2,(H2,20,21,22,23). The van der Waals surface area contributed by atoms with E-state index < -0.39 is 0 Å². The van der Waals surface area contributed by atoms with Crippen LogP contribution < -0.4 is 10.6 Å². The molecule has 23 heavy (non-hydrogen) atoms. The van der Waals surface area contributed by atoms with Gasteiger partial charge in [-0.3, -0.25) is 0 Å². The van der Waals surface area contributed by atoms with Crippen molar-refractivity contribution in [2.75, 3.05) is 11.9 Å². The highest BCUT2D eigenvalue weighted by atomic mass is 35.5. The number of thiocarbonyl (C=S) groups is 1. The summed E-state index contributed by atoms with van der Waals surface area (Å²) in [7, 11) is 0. The van der Waals surface area contributed by atoms with E-state index >= 15 is 0 Å². The molecule has 3 nitrogen and oxygen atoms in total. The highest BCUT2D eigenvalue weighted by molar-refractivity contribution is 7.80.